The Labute approximate surface area is 97.2 Å². The van der Waals surface area contributed by atoms with E-state index in [0.29, 0.717) is 13.2 Å². The van der Waals surface area contributed by atoms with Gasteiger partial charge in [0.05, 0.1) is 0 Å². The smallest absolute Gasteiger partial charge is 0.123 e. The average molecular weight is 218 g/mol. The van der Waals surface area contributed by atoms with Gasteiger partial charge in [-0.2, -0.15) is 0 Å². The molecule has 2 nitrogen and oxygen atoms in total. The second-order valence-corrected chi connectivity index (χ2v) is 3.67. The van der Waals surface area contributed by atoms with Crippen LogP contribution < -0.4 is 9.47 Å². The van der Waals surface area contributed by atoms with Gasteiger partial charge in [0.25, 0.3) is 0 Å². The zero-order valence-electron chi connectivity index (χ0n) is 9.90. The van der Waals surface area contributed by atoms with Crippen LogP contribution in [-0.2, 0) is 0 Å². The minimum Gasteiger partial charge on any atom is -0.489 e. The van der Waals surface area contributed by atoms with Crippen LogP contribution in [0.5, 0.6) is 11.5 Å². The monoisotopic (exact) mass is 218 g/mol. The van der Waals surface area contributed by atoms with E-state index in [2.05, 4.69) is 6.58 Å². The molecule has 0 radical (unpaired) electrons. The predicted molar refractivity (Wildman–Crippen MR) is 67.1 cm³/mol. The van der Waals surface area contributed by atoms with Crippen molar-refractivity contribution in [1.82, 2.24) is 0 Å². The van der Waals surface area contributed by atoms with E-state index >= 15 is 0 Å². The van der Waals surface area contributed by atoms with Crippen LogP contribution in [0.25, 0.3) is 0 Å². The van der Waals surface area contributed by atoms with Crippen LogP contribution in [0.2, 0.25) is 0 Å². The topological polar surface area (TPSA) is 18.5 Å². The highest BCUT2D eigenvalue weighted by atomic mass is 16.5. The highest BCUT2D eigenvalue weighted by Gasteiger charge is 1.96. The first-order chi connectivity index (χ1) is 7.72. The summed E-state index contributed by atoms with van der Waals surface area (Å²) < 4.78 is 11.0. The third-order valence-electron chi connectivity index (χ3n) is 1.91. The van der Waals surface area contributed by atoms with Crippen molar-refractivity contribution in [3.8, 4) is 11.5 Å². The van der Waals surface area contributed by atoms with Gasteiger partial charge in [-0.1, -0.05) is 24.3 Å². The maximum absolute atomic E-state index is 5.56. The lowest BCUT2D eigenvalue weighted by atomic mass is 10.3. The minimum atomic E-state index is 0.511. The quantitative estimate of drug-likeness (QED) is 0.679. The molecule has 0 saturated heterocycles. The number of allylic oxidation sites excluding steroid dienone is 1. The third kappa shape index (κ3) is 4.69. The van der Waals surface area contributed by atoms with Crippen LogP contribution in [0.4, 0.5) is 0 Å². The number of hydrogen-bond acceptors (Lipinski definition) is 2. The van der Waals surface area contributed by atoms with Gasteiger partial charge < -0.3 is 9.47 Å². The van der Waals surface area contributed by atoms with Crippen molar-refractivity contribution in [1.29, 1.82) is 0 Å². The van der Waals surface area contributed by atoms with Gasteiger partial charge in [-0.05, 0) is 32.1 Å². The Morgan fingerprint density at radius 1 is 1.19 bits per heavy atom. The Morgan fingerprint density at radius 3 is 2.38 bits per heavy atom. The molecular formula is C14H18O2. The average Bonchev–Trinajstić information content (AvgIpc) is 2.26. The molecule has 16 heavy (non-hydrogen) atoms. The highest BCUT2D eigenvalue weighted by molar-refractivity contribution is 5.33. The van der Waals surface area contributed by atoms with E-state index in [-0.39, 0.29) is 0 Å². The lowest BCUT2D eigenvalue weighted by Gasteiger charge is -2.07. The molecule has 0 N–H and O–H groups in total. The summed E-state index contributed by atoms with van der Waals surface area (Å²) in [7, 11) is 0. The molecule has 0 heterocycles. The van der Waals surface area contributed by atoms with Gasteiger partial charge in [0, 0.05) is 6.07 Å². The molecule has 0 unspecified atom stereocenters. The minimum absolute atomic E-state index is 0.511. The number of benzene rings is 1. The molecule has 0 atom stereocenters. The van der Waals surface area contributed by atoms with Crippen molar-refractivity contribution in [2.24, 2.45) is 0 Å². The first-order valence-corrected chi connectivity index (χ1v) is 5.32. The Balaban J connectivity index is 2.53. The fourth-order valence-electron chi connectivity index (χ4n) is 1.11. The van der Waals surface area contributed by atoms with Gasteiger partial charge in [-0.15, -0.1) is 0 Å². The van der Waals surface area contributed by atoms with Gasteiger partial charge in [0.15, 0.2) is 0 Å². The molecule has 1 rings (SSSR count). The van der Waals surface area contributed by atoms with Gasteiger partial charge >= 0.3 is 0 Å². The number of rotatable bonds is 6. The molecule has 0 aliphatic heterocycles. The van der Waals surface area contributed by atoms with E-state index < -0.39 is 0 Å². The lowest BCUT2D eigenvalue weighted by Crippen LogP contribution is -1.96. The van der Waals surface area contributed by atoms with Crippen molar-refractivity contribution in [2.45, 2.75) is 13.8 Å². The van der Waals surface area contributed by atoms with E-state index in [9.17, 15) is 0 Å². The molecule has 2 heteroatoms. The van der Waals surface area contributed by atoms with Crippen molar-refractivity contribution >= 4 is 0 Å². The summed E-state index contributed by atoms with van der Waals surface area (Å²) in [6.07, 6.45) is 3.76. The third-order valence-corrected chi connectivity index (χ3v) is 1.91. The number of hydrogen-bond donors (Lipinski definition) is 0. The maximum Gasteiger partial charge on any atom is 0.123 e. The summed E-state index contributed by atoms with van der Waals surface area (Å²) in [5, 5.41) is 0. The van der Waals surface area contributed by atoms with E-state index in [4.69, 9.17) is 9.47 Å². The van der Waals surface area contributed by atoms with Crippen molar-refractivity contribution < 1.29 is 9.47 Å². The normalized spacial score (nSPS) is 9.38. The van der Waals surface area contributed by atoms with E-state index in [0.717, 1.165) is 11.5 Å². The molecule has 0 saturated carbocycles. The first kappa shape index (κ1) is 12.4. The van der Waals surface area contributed by atoms with Crippen LogP contribution in [0, 0.1) is 0 Å². The fourth-order valence-corrected chi connectivity index (χ4v) is 1.11. The van der Waals surface area contributed by atoms with Gasteiger partial charge in [0.1, 0.15) is 24.7 Å². The molecule has 0 amide bonds. The van der Waals surface area contributed by atoms with Crippen LogP contribution >= 0.6 is 0 Å². The second kappa shape index (κ2) is 6.72. The van der Waals surface area contributed by atoms with Gasteiger partial charge in [0.2, 0.25) is 0 Å². The van der Waals surface area contributed by atoms with Crippen molar-refractivity contribution in [3.05, 3.63) is 48.6 Å². The Bertz CT molecular complexity index is 363. The maximum atomic E-state index is 5.56. The Kier molecular flexibility index (Phi) is 5.20. The van der Waals surface area contributed by atoms with Crippen molar-refractivity contribution in [2.75, 3.05) is 13.2 Å². The molecule has 0 aromatic heterocycles. The summed E-state index contributed by atoms with van der Waals surface area (Å²) >= 11 is 0. The molecule has 1 aromatic rings. The first-order valence-electron chi connectivity index (χ1n) is 5.32. The van der Waals surface area contributed by atoms with Crippen LogP contribution in [-0.4, -0.2) is 13.2 Å². The summed E-state index contributed by atoms with van der Waals surface area (Å²) in [5.74, 6) is 1.62. The Morgan fingerprint density at radius 2 is 1.81 bits per heavy atom. The highest BCUT2D eigenvalue weighted by Crippen LogP contribution is 2.19. The van der Waals surface area contributed by atoms with E-state index in [1.165, 1.54) is 5.57 Å². The van der Waals surface area contributed by atoms with E-state index in [1.54, 1.807) is 6.08 Å². The summed E-state index contributed by atoms with van der Waals surface area (Å²) in [6, 6.07) is 7.61. The number of ether oxygens (including phenoxy) is 2. The molecule has 0 bridgehead atoms. The molecule has 0 spiro atoms. The fraction of sp³-hybridized carbons (Fsp3) is 0.286. The summed E-state index contributed by atoms with van der Waals surface area (Å²) in [4.78, 5) is 0. The molecule has 0 aliphatic rings. The Hall–Kier alpha value is -1.70. The second-order valence-electron chi connectivity index (χ2n) is 3.67. The predicted octanol–water partition coefficient (Wildman–Crippen LogP) is 3.60. The molecule has 0 aliphatic carbocycles. The van der Waals surface area contributed by atoms with Crippen LogP contribution in [0.3, 0.4) is 0 Å². The zero-order chi connectivity index (χ0) is 11.8. The van der Waals surface area contributed by atoms with Gasteiger partial charge in [-0.25, -0.2) is 0 Å². The van der Waals surface area contributed by atoms with Crippen LogP contribution in [0.15, 0.2) is 48.6 Å². The van der Waals surface area contributed by atoms with Crippen LogP contribution in [0.1, 0.15) is 13.8 Å². The molecular weight excluding hydrogens is 200 g/mol. The summed E-state index contributed by atoms with van der Waals surface area (Å²) in [5.41, 5.74) is 1.25. The molecule has 86 valence electrons. The largest absolute Gasteiger partial charge is 0.489 e. The zero-order valence-corrected chi connectivity index (χ0v) is 9.90. The van der Waals surface area contributed by atoms with Crippen molar-refractivity contribution in [3.63, 3.8) is 0 Å². The standard InChI is InChI=1S/C14H18O2/c1-4-9-15-13-6-5-7-14(11-13)16-10-8-12(2)3/h4-8,11H,1,9-10H2,2-3H3. The SMILES string of the molecule is C=CCOc1cccc(OCC=C(C)C)c1. The van der Waals surface area contributed by atoms with Gasteiger partial charge in [-0.3, -0.25) is 0 Å². The molecule has 0 fully saturated rings. The molecule has 1 aromatic carbocycles. The lowest BCUT2D eigenvalue weighted by molar-refractivity contribution is 0.344. The van der Waals surface area contributed by atoms with E-state index in [1.807, 2.05) is 44.2 Å². The summed E-state index contributed by atoms with van der Waals surface area (Å²) in [6.45, 7) is 8.80.